The van der Waals surface area contributed by atoms with Crippen molar-refractivity contribution in [1.82, 2.24) is 9.80 Å². The van der Waals surface area contributed by atoms with Crippen molar-refractivity contribution in [1.29, 1.82) is 0 Å². The minimum Gasteiger partial charge on any atom is -0.504 e. The molecule has 3 fully saturated rings. The Morgan fingerprint density at radius 3 is 2.68 bits per heavy atom. The molecule has 1 saturated heterocycles. The Hall–Kier alpha value is -1.70. The Balaban J connectivity index is 0.00000264. The number of aliphatic hydroxyl groups is 1. The van der Waals surface area contributed by atoms with Gasteiger partial charge in [-0.05, 0) is 80.3 Å². The summed E-state index contributed by atoms with van der Waals surface area (Å²) in [5, 5.41) is 24.3. The van der Waals surface area contributed by atoms with Crippen LogP contribution in [0, 0.1) is 5.92 Å². The summed E-state index contributed by atoms with van der Waals surface area (Å²) in [6.45, 7) is 1.94. The van der Waals surface area contributed by atoms with Crippen molar-refractivity contribution in [3.05, 3.63) is 57.1 Å². The molecule has 1 spiro atoms. The zero-order chi connectivity index (χ0) is 25.7. The number of benzene rings is 2. The molecule has 2 aromatic carbocycles. The summed E-state index contributed by atoms with van der Waals surface area (Å²) in [6, 6.07) is 8.81. The summed E-state index contributed by atoms with van der Waals surface area (Å²) in [5.41, 5.74) is 1.35. The van der Waals surface area contributed by atoms with Crippen molar-refractivity contribution in [3.63, 3.8) is 0 Å². The van der Waals surface area contributed by atoms with Crippen molar-refractivity contribution in [3.8, 4) is 11.5 Å². The molecular weight excluding hydrogens is 547 g/mol. The fraction of sp³-hybridized carbons (Fsp3) is 0.552. The van der Waals surface area contributed by atoms with Crippen LogP contribution in [0.5, 0.6) is 11.5 Å². The van der Waals surface area contributed by atoms with E-state index in [2.05, 4.69) is 4.90 Å². The van der Waals surface area contributed by atoms with Crippen molar-refractivity contribution in [2.24, 2.45) is 5.92 Å². The van der Waals surface area contributed by atoms with Gasteiger partial charge in [-0.3, -0.25) is 9.69 Å². The van der Waals surface area contributed by atoms with Crippen LogP contribution in [0.4, 0.5) is 0 Å². The van der Waals surface area contributed by atoms with Crippen LogP contribution in [0.3, 0.4) is 0 Å². The van der Waals surface area contributed by atoms with Crippen LogP contribution in [-0.2, 0) is 23.1 Å². The van der Waals surface area contributed by atoms with E-state index in [0.29, 0.717) is 28.6 Å². The van der Waals surface area contributed by atoms with Crippen molar-refractivity contribution < 1.29 is 19.7 Å². The van der Waals surface area contributed by atoms with Gasteiger partial charge in [0.2, 0.25) is 5.91 Å². The zero-order valence-electron chi connectivity index (χ0n) is 21.3. The highest BCUT2D eigenvalue weighted by Gasteiger charge is 2.73. The van der Waals surface area contributed by atoms with E-state index in [4.69, 9.17) is 27.9 Å². The molecule has 2 N–H and O–H groups in total. The first kappa shape index (κ1) is 26.5. The van der Waals surface area contributed by atoms with E-state index in [1.807, 2.05) is 19.2 Å². The summed E-state index contributed by atoms with van der Waals surface area (Å²) in [5.74, 6) is 1.33. The van der Waals surface area contributed by atoms with E-state index >= 15 is 0 Å². The summed E-state index contributed by atoms with van der Waals surface area (Å²) >= 11 is 12.3. The number of rotatable bonds is 5. The van der Waals surface area contributed by atoms with Gasteiger partial charge in [0, 0.05) is 25.2 Å². The van der Waals surface area contributed by atoms with E-state index in [1.165, 1.54) is 12.8 Å². The minimum atomic E-state index is -0.957. The van der Waals surface area contributed by atoms with Crippen LogP contribution in [0.2, 0.25) is 10.0 Å². The number of carbonyl (C=O) groups is 1. The minimum absolute atomic E-state index is 0. The van der Waals surface area contributed by atoms with Crippen LogP contribution in [0.25, 0.3) is 0 Å². The number of amides is 1. The maximum Gasteiger partial charge on any atom is 0.227 e. The average Bonchev–Trinajstić information content (AvgIpc) is 3.61. The predicted molar refractivity (Wildman–Crippen MR) is 149 cm³/mol. The number of phenols is 1. The second-order valence-electron chi connectivity index (χ2n) is 11.8. The number of hydrogen-bond donors (Lipinski definition) is 2. The van der Waals surface area contributed by atoms with Crippen LogP contribution in [0.15, 0.2) is 30.3 Å². The van der Waals surface area contributed by atoms with Gasteiger partial charge in [-0.2, -0.15) is 0 Å². The van der Waals surface area contributed by atoms with E-state index in [0.717, 1.165) is 48.5 Å². The molecule has 2 saturated carbocycles. The molecule has 2 heterocycles. The van der Waals surface area contributed by atoms with Gasteiger partial charge in [-0.15, -0.1) is 12.4 Å². The van der Waals surface area contributed by atoms with E-state index in [9.17, 15) is 15.0 Å². The highest BCUT2D eigenvalue weighted by molar-refractivity contribution is 6.42. The van der Waals surface area contributed by atoms with E-state index < -0.39 is 17.1 Å². The molecule has 1 amide bonds. The number of hydrogen-bond acceptors (Lipinski definition) is 5. The Labute approximate surface area is 239 Å². The molecule has 0 radical (unpaired) electrons. The molecule has 204 valence electrons. The Bertz CT molecular complexity index is 1300. The lowest BCUT2D eigenvalue weighted by molar-refractivity contribution is -0.200. The quantitative estimate of drug-likeness (QED) is 0.535. The molecule has 2 bridgehead atoms. The topological polar surface area (TPSA) is 73.2 Å². The normalized spacial score (nSPS) is 32.7. The molecule has 3 aliphatic carbocycles. The number of phenolic OH excluding ortho intramolecular Hbond substituents is 1. The number of halogens is 3. The maximum atomic E-state index is 13.5. The number of nitrogens with zero attached hydrogens (tertiary/aromatic N) is 2. The molecule has 7 rings (SSSR count). The number of likely N-dealkylation sites (tertiary alicyclic amines) is 1. The monoisotopic (exact) mass is 578 g/mol. The van der Waals surface area contributed by atoms with Gasteiger partial charge in [0.25, 0.3) is 0 Å². The van der Waals surface area contributed by atoms with Crippen LogP contribution in [0.1, 0.15) is 48.8 Å². The van der Waals surface area contributed by atoms with Gasteiger partial charge >= 0.3 is 0 Å². The third-order valence-corrected chi connectivity index (χ3v) is 10.7. The second kappa shape index (κ2) is 9.17. The van der Waals surface area contributed by atoms with Crippen molar-refractivity contribution in [2.75, 3.05) is 20.1 Å². The van der Waals surface area contributed by atoms with Gasteiger partial charge in [0.1, 0.15) is 6.10 Å². The number of likely N-dealkylation sites (N-methyl/N-ethyl adjacent to an activating group) is 1. The molecule has 38 heavy (non-hydrogen) atoms. The third-order valence-electron chi connectivity index (χ3n) is 9.96. The highest BCUT2D eigenvalue weighted by atomic mass is 35.5. The molecular formula is C29H33Cl3N2O4. The molecule has 2 aliphatic heterocycles. The molecule has 2 aromatic rings. The van der Waals surface area contributed by atoms with Crippen LogP contribution < -0.4 is 4.74 Å². The molecule has 2 unspecified atom stereocenters. The standard InChI is InChI=1S/C29H32Cl2N2O4.ClH/c1-32(24(35)13-17-4-6-19(30)20(31)12-17)21-8-9-29(36)23-14-18-5-7-22(34)26-25(18)28(29,27(21)37-26)10-11-33(23)15-16-2-3-16;/h4-7,12,16,21,23,27,34,36H,2-3,8-11,13-15H2,1H3;1H/t21?,23-,27?,28+,29-;/m1./s1. The summed E-state index contributed by atoms with van der Waals surface area (Å²) in [7, 11) is 1.83. The first-order chi connectivity index (χ1) is 17.7. The number of aromatic hydroxyl groups is 1. The summed E-state index contributed by atoms with van der Waals surface area (Å²) in [4.78, 5) is 17.8. The zero-order valence-corrected chi connectivity index (χ0v) is 23.7. The molecule has 5 atom stereocenters. The Kier molecular flexibility index (Phi) is 6.40. The van der Waals surface area contributed by atoms with Gasteiger partial charge in [-0.1, -0.05) is 35.3 Å². The lowest BCUT2D eigenvalue weighted by Gasteiger charge is -2.64. The SMILES string of the molecule is CN(C(=O)Cc1ccc(Cl)c(Cl)c1)C1CC[C@@]2(O)[C@H]3Cc4ccc(O)c5c4[C@@]2(CCN3CC2CC2)C1O5.Cl. The Morgan fingerprint density at radius 1 is 1.16 bits per heavy atom. The number of carbonyl (C=O) groups excluding carboxylic acids is 1. The van der Waals surface area contributed by atoms with Gasteiger partial charge in [0.15, 0.2) is 11.5 Å². The molecule has 5 aliphatic rings. The van der Waals surface area contributed by atoms with Crippen molar-refractivity contribution in [2.45, 2.75) is 74.1 Å². The first-order valence-corrected chi connectivity index (χ1v) is 14.2. The fourth-order valence-electron chi connectivity index (χ4n) is 7.99. The van der Waals surface area contributed by atoms with Gasteiger partial charge in [-0.25, -0.2) is 0 Å². The molecule has 9 heteroatoms. The Morgan fingerprint density at radius 2 is 1.95 bits per heavy atom. The lowest BCUT2D eigenvalue weighted by Crippen LogP contribution is -2.78. The van der Waals surface area contributed by atoms with Crippen molar-refractivity contribution >= 4 is 41.5 Å². The molecule has 0 aromatic heterocycles. The first-order valence-electron chi connectivity index (χ1n) is 13.4. The highest BCUT2D eigenvalue weighted by Crippen LogP contribution is 2.66. The summed E-state index contributed by atoms with van der Waals surface area (Å²) in [6.07, 6.45) is 5.11. The van der Waals surface area contributed by atoms with Crippen LogP contribution in [-0.4, -0.2) is 69.8 Å². The average molecular weight is 580 g/mol. The maximum absolute atomic E-state index is 13.5. The van der Waals surface area contributed by atoms with E-state index in [-0.39, 0.29) is 42.6 Å². The lowest BCUT2D eigenvalue weighted by atomic mass is 9.48. The predicted octanol–water partition coefficient (Wildman–Crippen LogP) is 4.75. The van der Waals surface area contributed by atoms with Crippen LogP contribution >= 0.6 is 35.6 Å². The van der Waals surface area contributed by atoms with E-state index in [1.54, 1.807) is 23.1 Å². The third kappa shape index (κ3) is 3.63. The van der Waals surface area contributed by atoms with Gasteiger partial charge < -0.3 is 19.8 Å². The molecule has 6 nitrogen and oxygen atoms in total. The number of ether oxygens (including phenoxy) is 1. The fourth-order valence-corrected chi connectivity index (χ4v) is 8.31. The smallest absolute Gasteiger partial charge is 0.227 e. The van der Waals surface area contributed by atoms with Gasteiger partial charge in [0.05, 0.1) is 33.5 Å². The number of piperidine rings is 1. The summed E-state index contributed by atoms with van der Waals surface area (Å²) < 4.78 is 6.61. The second-order valence-corrected chi connectivity index (χ2v) is 12.6. The largest absolute Gasteiger partial charge is 0.504 e.